The van der Waals surface area contributed by atoms with Crippen LogP contribution in [0.15, 0.2) is 0 Å². The molecule has 3 atom stereocenters. The van der Waals surface area contributed by atoms with Crippen LogP contribution in [-0.2, 0) is 0 Å². The van der Waals surface area contributed by atoms with Gasteiger partial charge in [-0.05, 0) is 44.7 Å². The zero-order chi connectivity index (χ0) is 7.84. The molecule has 0 aromatic carbocycles. The number of fused-ring (bicyclic) bond motifs is 2. The highest BCUT2D eigenvalue weighted by atomic mass is 16.3. The topological polar surface area (TPSA) is 23.5 Å². The standard InChI is InChI=1S/C9H17NO/c1-10-5-4-7-2-3-8(6-10)9(7)11/h7-9,11H,2-6H2,1H3. The first kappa shape index (κ1) is 7.56. The molecule has 0 aromatic heterocycles. The molecule has 1 heterocycles. The van der Waals surface area contributed by atoms with Crippen molar-refractivity contribution in [3.05, 3.63) is 0 Å². The summed E-state index contributed by atoms with van der Waals surface area (Å²) in [5, 5.41) is 9.78. The van der Waals surface area contributed by atoms with E-state index in [0.29, 0.717) is 11.8 Å². The first-order valence-electron chi connectivity index (χ1n) is 4.64. The number of hydrogen-bond donors (Lipinski definition) is 1. The van der Waals surface area contributed by atoms with Gasteiger partial charge >= 0.3 is 0 Å². The van der Waals surface area contributed by atoms with Gasteiger partial charge in [0.1, 0.15) is 0 Å². The molecule has 1 aliphatic carbocycles. The van der Waals surface area contributed by atoms with Gasteiger partial charge in [-0.15, -0.1) is 0 Å². The molecule has 2 bridgehead atoms. The Kier molecular flexibility index (Phi) is 1.90. The van der Waals surface area contributed by atoms with Crippen molar-refractivity contribution < 1.29 is 5.11 Å². The predicted octanol–water partition coefficient (Wildman–Crippen LogP) is 0.709. The predicted molar refractivity (Wildman–Crippen MR) is 44.3 cm³/mol. The van der Waals surface area contributed by atoms with Crippen molar-refractivity contribution in [1.29, 1.82) is 0 Å². The summed E-state index contributed by atoms with van der Waals surface area (Å²) in [6, 6.07) is 0. The minimum absolute atomic E-state index is 0.0138. The third-order valence-electron chi connectivity index (χ3n) is 3.30. The minimum Gasteiger partial charge on any atom is -0.393 e. The number of aliphatic hydroxyl groups excluding tert-OH is 1. The molecular weight excluding hydrogens is 138 g/mol. The molecular formula is C9H17NO. The first-order chi connectivity index (χ1) is 5.27. The molecule has 2 fully saturated rings. The molecule has 11 heavy (non-hydrogen) atoms. The Morgan fingerprint density at radius 2 is 1.91 bits per heavy atom. The van der Waals surface area contributed by atoms with Crippen LogP contribution in [0.4, 0.5) is 0 Å². The molecule has 1 saturated carbocycles. The lowest BCUT2D eigenvalue weighted by Gasteiger charge is -2.19. The van der Waals surface area contributed by atoms with E-state index in [1.807, 2.05) is 0 Å². The maximum atomic E-state index is 9.78. The Hall–Kier alpha value is -0.0800. The van der Waals surface area contributed by atoms with E-state index in [1.54, 1.807) is 0 Å². The number of hydrogen-bond acceptors (Lipinski definition) is 2. The van der Waals surface area contributed by atoms with Crippen LogP contribution in [0.1, 0.15) is 19.3 Å². The van der Waals surface area contributed by atoms with Crippen molar-refractivity contribution in [3.8, 4) is 0 Å². The van der Waals surface area contributed by atoms with E-state index in [-0.39, 0.29) is 6.10 Å². The summed E-state index contributed by atoms with van der Waals surface area (Å²) in [7, 11) is 2.16. The van der Waals surface area contributed by atoms with Gasteiger partial charge in [-0.1, -0.05) is 0 Å². The van der Waals surface area contributed by atoms with Crippen LogP contribution in [0.2, 0.25) is 0 Å². The molecule has 0 radical (unpaired) electrons. The maximum Gasteiger partial charge on any atom is 0.0609 e. The zero-order valence-electron chi connectivity index (χ0n) is 7.16. The van der Waals surface area contributed by atoms with Crippen LogP contribution in [0.25, 0.3) is 0 Å². The van der Waals surface area contributed by atoms with E-state index in [4.69, 9.17) is 0 Å². The van der Waals surface area contributed by atoms with Gasteiger partial charge in [-0.2, -0.15) is 0 Å². The van der Waals surface area contributed by atoms with Crippen LogP contribution < -0.4 is 0 Å². The number of aliphatic hydroxyl groups is 1. The Balaban J connectivity index is 2.07. The summed E-state index contributed by atoms with van der Waals surface area (Å²) >= 11 is 0. The van der Waals surface area contributed by atoms with Crippen molar-refractivity contribution in [2.24, 2.45) is 11.8 Å². The van der Waals surface area contributed by atoms with Crippen molar-refractivity contribution in [1.82, 2.24) is 4.90 Å². The highest BCUT2D eigenvalue weighted by Crippen LogP contribution is 2.36. The van der Waals surface area contributed by atoms with Gasteiger partial charge < -0.3 is 10.0 Å². The van der Waals surface area contributed by atoms with E-state index in [1.165, 1.54) is 25.8 Å². The average molecular weight is 155 g/mol. The Labute approximate surface area is 68.2 Å². The largest absolute Gasteiger partial charge is 0.393 e. The third-order valence-corrected chi connectivity index (χ3v) is 3.30. The average Bonchev–Trinajstić information content (AvgIpc) is 2.20. The fraction of sp³-hybridized carbons (Fsp3) is 1.00. The fourth-order valence-corrected chi connectivity index (χ4v) is 2.55. The van der Waals surface area contributed by atoms with Gasteiger partial charge in [0.2, 0.25) is 0 Å². The molecule has 0 spiro atoms. The van der Waals surface area contributed by atoms with Gasteiger partial charge in [-0.25, -0.2) is 0 Å². The third kappa shape index (κ3) is 1.30. The molecule has 2 heteroatoms. The lowest BCUT2D eigenvalue weighted by atomic mass is 10.0. The Morgan fingerprint density at radius 3 is 2.73 bits per heavy atom. The second kappa shape index (κ2) is 2.76. The molecule has 3 unspecified atom stereocenters. The molecule has 2 rings (SSSR count). The maximum absolute atomic E-state index is 9.78. The van der Waals surface area contributed by atoms with Gasteiger partial charge in [0.15, 0.2) is 0 Å². The summed E-state index contributed by atoms with van der Waals surface area (Å²) in [4.78, 5) is 2.35. The number of nitrogens with zero attached hydrogens (tertiary/aromatic N) is 1. The van der Waals surface area contributed by atoms with E-state index >= 15 is 0 Å². The molecule has 2 nitrogen and oxygen atoms in total. The van der Waals surface area contributed by atoms with Crippen LogP contribution in [-0.4, -0.2) is 36.2 Å². The summed E-state index contributed by atoms with van der Waals surface area (Å²) in [5.41, 5.74) is 0. The van der Waals surface area contributed by atoms with E-state index in [9.17, 15) is 5.11 Å². The molecule has 2 aliphatic rings. The molecule has 1 N–H and O–H groups in total. The zero-order valence-corrected chi connectivity index (χ0v) is 7.16. The van der Waals surface area contributed by atoms with Gasteiger partial charge in [0, 0.05) is 6.54 Å². The van der Waals surface area contributed by atoms with Crippen LogP contribution in [0.5, 0.6) is 0 Å². The van der Waals surface area contributed by atoms with Gasteiger partial charge in [0.05, 0.1) is 6.10 Å². The summed E-state index contributed by atoms with van der Waals surface area (Å²) in [6.45, 7) is 2.29. The monoisotopic (exact) mass is 155 g/mol. The number of likely N-dealkylation sites (tertiary alicyclic amines) is 1. The SMILES string of the molecule is CN1CCC2CCC(C1)C2O. The van der Waals surface area contributed by atoms with Crippen LogP contribution in [0, 0.1) is 11.8 Å². The van der Waals surface area contributed by atoms with E-state index < -0.39 is 0 Å². The van der Waals surface area contributed by atoms with E-state index in [2.05, 4.69) is 11.9 Å². The Morgan fingerprint density at radius 1 is 1.18 bits per heavy atom. The molecule has 1 saturated heterocycles. The fourth-order valence-electron chi connectivity index (χ4n) is 2.55. The minimum atomic E-state index is 0.0138. The molecule has 1 aliphatic heterocycles. The molecule has 0 aromatic rings. The Bertz CT molecular complexity index is 148. The second-order valence-electron chi connectivity index (χ2n) is 4.14. The van der Waals surface area contributed by atoms with Gasteiger partial charge in [0.25, 0.3) is 0 Å². The first-order valence-corrected chi connectivity index (χ1v) is 4.64. The highest BCUT2D eigenvalue weighted by molar-refractivity contribution is 4.89. The quantitative estimate of drug-likeness (QED) is 0.557. The molecule has 64 valence electrons. The van der Waals surface area contributed by atoms with Crippen molar-refractivity contribution in [3.63, 3.8) is 0 Å². The van der Waals surface area contributed by atoms with Crippen molar-refractivity contribution in [2.45, 2.75) is 25.4 Å². The summed E-state index contributed by atoms with van der Waals surface area (Å²) in [5.74, 6) is 1.19. The van der Waals surface area contributed by atoms with Crippen molar-refractivity contribution in [2.75, 3.05) is 20.1 Å². The van der Waals surface area contributed by atoms with Crippen molar-refractivity contribution >= 4 is 0 Å². The summed E-state index contributed by atoms with van der Waals surface area (Å²) in [6.07, 6.45) is 3.73. The van der Waals surface area contributed by atoms with E-state index in [0.717, 1.165) is 6.54 Å². The van der Waals surface area contributed by atoms with Crippen LogP contribution in [0.3, 0.4) is 0 Å². The van der Waals surface area contributed by atoms with Crippen LogP contribution >= 0.6 is 0 Å². The smallest absolute Gasteiger partial charge is 0.0609 e. The lowest BCUT2D eigenvalue weighted by molar-refractivity contribution is 0.0944. The second-order valence-corrected chi connectivity index (χ2v) is 4.14. The normalized spacial score (nSPS) is 45.8. The molecule has 0 amide bonds. The number of rotatable bonds is 0. The lowest BCUT2D eigenvalue weighted by Crippen LogP contribution is -2.27. The highest BCUT2D eigenvalue weighted by Gasteiger charge is 2.37. The van der Waals surface area contributed by atoms with Gasteiger partial charge in [-0.3, -0.25) is 0 Å². The summed E-state index contributed by atoms with van der Waals surface area (Å²) < 4.78 is 0.